The first-order valence-corrected chi connectivity index (χ1v) is 7.17. The van der Waals surface area contributed by atoms with Crippen molar-refractivity contribution in [1.82, 2.24) is 10.2 Å². The number of terminal acetylenes is 1. The van der Waals surface area contributed by atoms with Crippen LogP contribution in [0.1, 0.15) is 33.1 Å². The molecule has 0 radical (unpaired) electrons. The van der Waals surface area contributed by atoms with Gasteiger partial charge in [0.15, 0.2) is 0 Å². The lowest BCUT2D eigenvalue weighted by Gasteiger charge is -2.40. The third kappa shape index (κ3) is 3.20. The highest BCUT2D eigenvalue weighted by molar-refractivity contribution is 5.44. The molecule has 0 amide bonds. The van der Waals surface area contributed by atoms with Gasteiger partial charge in [-0.15, -0.1) is 6.42 Å². The number of allylic oxidation sites excluding steroid dienone is 2. The minimum atomic E-state index is -0.00714. The predicted octanol–water partition coefficient (Wildman–Crippen LogP) is 1.63. The number of hydrogen-bond donors (Lipinski definition) is 2. The van der Waals surface area contributed by atoms with Crippen molar-refractivity contribution >= 4 is 0 Å². The molecule has 2 aliphatic rings. The summed E-state index contributed by atoms with van der Waals surface area (Å²) >= 11 is 0. The Labute approximate surface area is 116 Å². The molecule has 0 aliphatic carbocycles. The molecule has 0 aromatic heterocycles. The molecule has 19 heavy (non-hydrogen) atoms. The number of hydrogen-bond acceptors (Lipinski definition) is 3. The molecule has 0 aromatic rings. The van der Waals surface area contributed by atoms with Gasteiger partial charge >= 0.3 is 0 Å². The lowest BCUT2D eigenvalue weighted by molar-refractivity contribution is 0.211. The molecule has 2 rings (SSSR count). The number of likely N-dealkylation sites (tertiary alicyclic amines) is 1. The second kappa shape index (κ2) is 5.81. The summed E-state index contributed by atoms with van der Waals surface area (Å²) in [6.45, 7) is 8.15. The average molecular weight is 259 g/mol. The van der Waals surface area contributed by atoms with Gasteiger partial charge < -0.3 is 16.0 Å². The number of piperidine rings is 1. The second-order valence-electron chi connectivity index (χ2n) is 5.84. The molecular formula is C16H25N3. The van der Waals surface area contributed by atoms with Gasteiger partial charge in [-0.1, -0.05) is 12.0 Å². The number of rotatable bonds is 2. The topological polar surface area (TPSA) is 41.3 Å². The van der Waals surface area contributed by atoms with Gasteiger partial charge in [0.25, 0.3) is 0 Å². The van der Waals surface area contributed by atoms with Gasteiger partial charge in [0.2, 0.25) is 0 Å². The highest BCUT2D eigenvalue weighted by Gasteiger charge is 2.28. The molecule has 0 aromatic carbocycles. The summed E-state index contributed by atoms with van der Waals surface area (Å²) in [4.78, 5) is 2.45. The standard InChI is InChI=1S/C16H25N3/c1-4-13-12-18-9-6-14(13)15(5-2)19-10-7-16(3,17)8-11-19/h1,5,18H,6-12,17H2,2-3H3/b15-5+. The summed E-state index contributed by atoms with van der Waals surface area (Å²) in [5.74, 6) is 2.85. The third-order valence-electron chi connectivity index (χ3n) is 4.22. The molecule has 104 valence electrons. The molecule has 3 N–H and O–H groups in total. The Morgan fingerprint density at radius 3 is 2.74 bits per heavy atom. The first-order chi connectivity index (χ1) is 9.07. The Kier molecular flexibility index (Phi) is 4.34. The zero-order valence-corrected chi connectivity index (χ0v) is 12.1. The maximum Gasteiger partial charge on any atom is 0.0365 e. The van der Waals surface area contributed by atoms with E-state index < -0.39 is 0 Å². The van der Waals surface area contributed by atoms with E-state index in [-0.39, 0.29) is 5.54 Å². The van der Waals surface area contributed by atoms with E-state index in [0.29, 0.717) is 0 Å². The number of nitrogens with two attached hydrogens (primary N) is 1. The molecule has 1 saturated heterocycles. The van der Waals surface area contributed by atoms with Gasteiger partial charge in [-0.3, -0.25) is 0 Å². The molecule has 0 spiro atoms. The molecule has 0 atom stereocenters. The lowest BCUT2D eigenvalue weighted by atomic mass is 9.89. The van der Waals surface area contributed by atoms with Crippen molar-refractivity contribution in [1.29, 1.82) is 0 Å². The van der Waals surface area contributed by atoms with Crippen molar-refractivity contribution in [2.24, 2.45) is 5.73 Å². The van der Waals surface area contributed by atoms with Gasteiger partial charge in [0.05, 0.1) is 0 Å². The Morgan fingerprint density at radius 2 is 2.16 bits per heavy atom. The van der Waals surface area contributed by atoms with Gasteiger partial charge in [0, 0.05) is 36.4 Å². The van der Waals surface area contributed by atoms with Crippen LogP contribution in [-0.4, -0.2) is 36.6 Å². The lowest BCUT2D eigenvalue weighted by Crippen LogP contribution is -2.48. The zero-order valence-electron chi connectivity index (χ0n) is 12.1. The fraction of sp³-hybridized carbons (Fsp3) is 0.625. The van der Waals surface area contributed by atoms with Crippen LogP contribution in [0.4, 0.5) is 0 Å². The summed E-state index contributed by atoms with van der Waals surface area (Å²) in [6.07, 6.45) is 11.0. The van der Waals surface area contributed by atoms with Crippen LogP contribution < -0.4 is 11.1 Å². The summed E-state index contributed by atoms with van der Waals surface area (Å²) in [5, 5.41) is 3.34. The van der Waals surface area contributed by atoms with Crippen LogP contribution in [0.3, 0.4) is 0 Å². The van der Waals surface area contributed by atoms with Crippen LogP contribution in [0, 0.1) is 12.3 Å². The van der Waals surface area contributed by atoms with Gasteiger partial charge in [0.1, 0.15) is 0 Å². The molecule has 2 heterocycles. The van der Waals surface area contributed by atoms with Crippen LogP contribution >= 0.6 is 0 Å². The summed E-state index contributed by atoms with van der Waals surface area (Å²) in [7, 11) is 0. The van der Waals surface area contributed by atoms with Crippen molar-refractivity contribution in [3.8, 4) is 12.3 Å². The second-order valence-corrected chi connectivity index (χ2v) is 5.84. The maximum atomic E-state index is 6.21. The van der Waals surface area contributed by atoms with Crippen molar-refractivity contribution in [2.45, 2.75) is 38.6 Å². The van der Waals surface area contributed by atoms with E-state index in [2.05, 4.69) is 36.1 Å². The third-order valence-corrected chi connectivity index (χ3v) is 4.22. The Balaban J connectivity index is 2.18. The molecule has 3 nitrogen and oxygen atoms in total. The minimum absolute atomic E-state index is 0.00714. The number of nitrogens with zero attached hydrogens (tertiary/aromatic N) is 1. The predicted molar refractivity (Wildman–Crippen MR) is 80.5 cm³/mol. The van der Waals surface area contributed by atoms with E-state index >= 15 is 0 Å². The quantitative estimate of drug-likeness (QED) is 0.741. The fourth-order valence-electron chi connectivity index (χ4n) is 2.91. The van der Waals surface area contributed by atoms with Crippen LogP contribution in [0.15, 0.2) is 22.9 Å². The van der Waals surface area contributed by atoms with Crippen molar-refractivity contribution in [2.75, 3.05) is 26.2 Å². The van der Waals surface area contributed by atoms with Crippen LogP contribution in [0.25, 0.3) is 0 Å². The molecule has 1 fully saturated rings. The van der Waals surface area contributed by atoms with E-state index in [0.717, 1.165) is 51.0 Å². The number of nitrogens with one attached hydrogen (secondary N) is 1. The Hall–Kier alpha value is -1.24. The van der Waals surface area contributed by atoms with E-state index in [1.54, 1.807) is 0 Å². The van der Waals surface area contributed by atoms with E-state index in [1.165, 1.54) is 11.3 Å². The SMILES string of the molecule is C#CC1=C(/C(=C\C)N2CCC(C)(N)CC2)CCNC1. The van der Waals surface area contributed by atoms with Crippen molar-refractivity contribution in [3.05, 3.63) is 22.9 Å². The van der Waals surface area contributed by atoms with Gasteiger partial charge in [-0.2, -0.15) is 0 Å². The highest BCUT2D eigenvalue weighted by atomic mass is 15.2. The Morgan fingerprint density at radius 1 is 1.47 bits per heavy atom. The van der Waals surface area contributed by atoms with Crippen LogP contribution in [0.5, 0.6) is 0 Å². The first-order valence-electron chi connectivity index (χ1n) is 7.17. The van der Waals surface area contributed by atoms with Gasteiger partial charge in [-0.25, -0.2) is 0 Å². The monoisotopic (exact) mass is 259 g/mol. The van der Waals surface area contributed by atoms with Crippen molar-refractivity contribution < 1.29 is 0 Å². The molecule has 0 unspecified atom stereocenters. The molecule has 0 saturated carbocycles. The minimum Gasteiger partial charge on any atom is -0.371 e. The fourth-order valence-corrected chi connectivity index (χ4v) is 2.91. The first kappa shape index (κ1) is 14.2. The van der Waals surface area contributed by atoms with Crippen LogP contribution in [0.2, 0.25) is 0 Å². The smallest absolute Gasteiger partial charge is 0.0365 e. The molecule has 2 aliphatic heterocycles. The molecule has 3 heteroatoms. The average Bonchev–Trinajstić information content (AvgIpc) is 2.42. The van der Waals surface area contributed by atoms with Crippen LogP contribution in [-0.2, 0) is 0 Å². The molecule has 0 bridgehead atoms. The summed E-state index contributed by atoms with van der Waals surface area (Å²) in [6, 6.07) is 0. The van der Waals surface area contributed by atoms with E-state index in [9.17, 15) is 0 Å². The van der Waals surface area contributed by atoms with E-state index in [4.69, 9.17) is 12.2 Å². The maximum absolute atomic E-state index is 6.21. The van der Waals surface area contributed by atoms with E-state index in [1.807, 2.05) is 0 Å². The molecular weight excluding hydrogens is 234 g/mol. The van der Waals surface area contributed by atoms with Crippen molar-refractivity contribution in [3.63, 3.8) is 0 Å². The summed E-state index contributed by atoms with van der Waals surface area (Å²) in [5.41, 5.74) is 9.99. The summed E-state index contributed by atoms with van der Waals surface area (Å²) < 4.78 is 0. The Bertz CT molecular complexity index is 427. The zero-order chi connectivity index (χ0) is 13.9. The van der Waals surface area contributed by atoms with Gasteiger partial charge in [-0.05, 0) is 45.2 Å². The normalized spacial score (nSPS) is 24.3. The largest absolute Gasteiger partial charge is 0.371 e. The highest BCUT2D eigenvalue weighted by Crippen LogP contribution is 2.28.